The number of carbonyl (C=O) groups is 1. The Hall–Kier alpha value is -1.40. The average Bonchev–Trinajstić information content (AvgIpc) is 2.98. The molecule has 1 aromatic heterocycles. The molecule has 25 heavy (non-hydrogen) atoms. The van der Waals surface area contributed by atoms with E-state index < -0.39 is 0 Å². The second-order valence-electron chi connectivity index (χ2n) is 8.18. The summed E-state index contributed by atoms with van der Waals surface area (Å²) in [4.78, 5) is 19.1. The topological polar surface area (TPSA) is 52.8 Å². The van der Waals surface area contributed by atoms with Gasteiger partial charge in [0.2, 0.25) is 5.91 Å². The maximum atomic E-state index is 12.3. The number of aromatic nitrogens is 1. The third-order valence-electron chi connectivity index (χ3n) is 5.75. The molecule has 1 amide bonds. The third-order valence-corrected chi connectivity index (χ3v) is 5.75. The number of carbonyl (C=O) groups excluding carboxylic acids is 1. The van der Waals surface area contributed by atoms with Crippen molar-refractivity contribution in [3.05, 3.63) is 17.5 Å². The van der Waals surface area contributed by atoms with E-state index in [0.29, 0.717) is 11.3 Å². The maximum absolute atomic E-state index is 12.3. The van der Waals surface area contributed by atoms with E-state index in [1.165, 1.54) is 12.8 Å². The first kappa shape index (κ1) is 18.4. The first-order valence-electron chi connectivity index (χ1n) is 9.53. The minimum Gasteiger partial charge on any atom is -0.360 e. The Morgan fingerprint density at radius 2 is 2.04 bits per heavy atom. The van der Waals surface area contributed by atoms with E-state index in [2.05, 4.69) is 34.0 Å². The summed E-state index contributed by atoms with van der Waals surface area (Å²) in [7, 11) is 4.18. The van der Waals surface area contributed by atoms with Gasteiger partial charge in [-0.3, -0.25) is 9.69 Å². The van der Waals surface area contributed by atoms with E-state index in [0.717, 1.165) is 70.0 Å². The van der Waals surface area contributed by atoms with Crippen LogP contribution in [0.5, 0.6) is 0 Å². The predicted octanol–water partition coefficient (Wildman–Crippen LogP) is 2.14. The zero-order chi connectivity index (χ0) is 17.9. The molecule has 0 saturated carbocycles. The molecule has 6 nitrogen and oxygen atoms in total. The average molecular weight is 348 g/mol. The van der Waals surface area contributed by atoms with E-state index in [9.17, 15) is 4.79 Å². The molecule has 0 unspecified atom stereocenters. The zero-order valence-corrected chi connectivity index (χ0v) is 16.0. The molecular formula is C19H32N4O2. The normalized spacial score (nSPS) is 21.4. The number of amides is 1. The summed E-state index contributed by atoms with van der Waals surface area (Å²) in [5.41, 5.74) is 1.28. The molecule has 0 bridgehead atoms. The van der Waals surface area contributed by atoms with Crippen LogP contribution in [0.1, 0.15) is 43.6 Å². The fourth-order valence-electron chi connectivity index (χ4n) is 4.19. The highest BCUT2D eigenvalue weighted by Gasteiger charge is 2.40. The van der Waals surface area contributed by atoms with Gasteiger partial charge in [0, 0.05) is 25.6 Å². The lowest BCUT2D eigenvalue weighted by molar-refractivity contribution is -0.139. The van der Waals surface area contributed by atoms with Crippen LogP contribution in [0, 0.1) is 12.3 Å². The van der Waals surface area contributed by atoms with Crippen molar-refractivity contribution in [2.75, 3.05) is 46.8 Å². The van der Waals surface area contributed by atoms with Gasteiger partial charge >= 0.3 is 0 Å². The molecule has 2 saturated heterocycles. The monoisotopic (exact) mass is 348 g/mol. The van der Waals surface area contributed by atoms with Crippen LogP contribution in [0.2, 0.25) is 0 Å². The Balaban J connectivity index is 1.50. The van der Waals surface area contributed by atoms with Crippen LogP contribution in [0.25, 0.3) is 0 Å². The minimum absolute atomic E-state index is 0.333. The van der Waals surface area contributed by atoms with Crippen molar-refractivity contribution >= 4 is 5.91 Å². The smallest absolute Gasteiger partial charge is 0.222 e. The number of aryl methyl sites for hydroxylation is 1. The maximum Gasteiger partial charge on any atom is 0.222 e. The van der Waals surface area contributed by atoms with Crippen LogP contribution >= 0.6 is 0 Å². The van der Waals surface area contributed by atoms with Crippen molar-refractivity contribution in [3.63, 3.8) is 0 Å². The predicted molar refractivity (Wildman–Crippen MR) is 97.2 cm³/mol. The molecule has 0 aromatic carbocycles. The van der Waals surface area contributed by atoms with Crippen LogP contribution < -0.4 is 0 Å². The highest BCUT2D eigenvalue weighted by molar-refractivity contribution is 5.77. The molecule has 2 fully saturated rings. The summed E-state index contributed by atoms with van der Waals surface area (Å²) in [6, 6.07) is 2.02. The Bertz CT molecular complexity index is 576. The molecule has 3 heterocycles. The van der Waals surface area contributed by atoms with Crippen molar-refractivity contribution < 1.29 is 9.32 Å². The lowest BCUT2D eigenvalue weighted by Crippen LogP contribution is -2.51. The Morgan fingerprint density at radius 3 is 2.68 bits per heavy atom. The third kappa shape index (κ3) is 4.82. The minimum atomic E-state index is 0.333. The summed E-state index contributed by atoms with van der Waals surface area (Å²) >= 11 is 0. The fourth-order valence-corrected chi connectivity index (χ4v) is 4.19. The van der Waals surface area contributed by atoms with Crippen molar-refractivity contribution in [2.24, 2.45) is 5.41 Å². The molecule has 2 aliphatic rings. The van der Waals surface area contributed by atoms with Crippen LogP contribution in [0.3, 0.4) is 0 Å². The number of rotatable bonds is 6. The van der Waals surface area contributed by atoms with Crippen molar-refractivity contribution in [1.82, 2.24) is 19.9 Å². The molecule has 0 N–H and O–H groups in total. The molecule has 0 atom stereocenters. The van der Waals surface area contributed by atoms with Gasteiger partial charge in [-0.15, -0.1) is 0 Å². The van der Waals surface area contributed by atoms with Gasteiger partial charge in [-0.05, 0) is 71.8 Å². The molecule has 0 radical (unpaired) electrons. The number of hydrogen-bond donors (Lipinski definition) is 0. The van der Waals surface area contributed by atoms with Gasteiger partial charge < -0.3 is 14.3 Å². The van der Waals surface area contributed by atoms with Crippen LogP contribution in [-0.4, -0.2) is 72.6 Å². The molecule has 2 aliphatic heterocycles. The fraction of sp³-hybridized carbons (Fsp3) is 0.789. The van der Waals surface area contributed by atoms with E-state index in [1.807, 2.05) is 13.0 Å². The number of piperidine rings is 2. The Labute approximate surface area is 151 Å². The molecule has 3 rings (SSSR count). The van der Waals surface area contributed by atoms with Gasteiger partial charge in [-0.2, -0.15) is 0 Å². The second-order valence-corrected chi connectivity index (χ2v) is 8.18. The van der Waals surface area contributed by atoms with Crippen molar-refractivity contribution in [1.29, 1.82) is 0 Å². The quantitative estimate of drug-likeness (QED) is 0.788. The van der Waals surface area contributed by atoms with E-state index in [-0.39, 0.29) is 0 Å². The van der Waals surface area contributed by atoms with Gasteiger partial charge in [0.1, 0.15) is 0 Å². The summed E-state index contributed by atoms with van der Waals surface area (Å²) in [6.45, 7) is 7.87. The standard InChI is InChI=1S/C19H32N4O2/c1-16-13-17(25-20-16)14-22-11-7-19(8-12-22)6-5-18(24)23(15-19)10-4-9-21(2)3/h13H,4-12,14-15H2,1-3H3. The number of hydrogen-bond acceptors (Lipinski definition) is 5. The highest BCUT2D eigenvalue weighted by Crippen LogP contribution is 2.40. The van der Waals surface area contributed by atoms with Gasteiger partial charge in [-0.1, -0.05) is 5.16 Å². The molecule has 1 aromatic rings. The number of nitrogens with zero attached hydrogens (tertiary/aromatic N) is 4. The SMILES string of the molecule is Cc1cc(CN2CCC3(CCC(=O)N(CCCN(C)C)C3)CC2)on1. The van der Waals surface area contributed by atoms with E-state index in [4.69, 9.17) is 4.52 Å². The lowest BCUT2D eigenvalue weighted by Gasteiger charge is -2.47. The van der Waals surface area contributed by atoms with Crippen molar-refractivity contribution in [3.8, 4) is 0 Å². The molecule has 140 valence electrons. The van der Waals surface area contributed by atoms with E-state index >= 15 is 0 Å². The molecular weight excluding hydrogens is 316 g/mol. The van der Waals surface area contributed by atoms with Gasteiger partial charge in [0.25, 0.3) is 0 Å². The van der Waals surface area contributed by atoms with Gasteiger partial charge in [-0.25, -0.2) is 0 Å². The largest absolute Gasteiger partial charge is 0.360 e. The summed E-state index contributed by atoms with van der Waals surface area (Å²) in [5.74, 6) is 1.31. The summed E-state index contributed by atoms with van der Waals surface area (Å²) in [6.07, 6.45) is 5.20. The Morgan fingerprint density at radius 1 is 1.28 bits per heavy atom. The molecule has 1 spiro atoms. The molecule has 6 heteroatoms. The lowest BCUT2D eigenvalue weighted by atomic mass is 9.72. The summed E-state index contributed by atoms with van der Waals surface area (Å²) in [5, 5.41) is 3.98. The van der Waals surface area contributed by atoms with E-state index in [1.54, 1.807) is 0 Å². The van der Waals surface area contributed by atoms with Crippen LogP contribution in [0.4, 0.5) is 0 Å². The second kappa shape index (κ2) is 7.87. The number of likely N-dealkylation sites (tertiary alicyclic amines) is 2. The highest BCUT2D eigenvalue weighted by atomic mass is 16.5. The van der Waals surface area contributed by atoms with Crippen molar-refractivity contribution in [2.45, 2.75) is 45.6 Å². The Kier molecular flexibility index (Phi) is 5.79. The first-order valence-corrected chi connectivity index (χ1v) is 9.53. The zero-order valence-electron chi connectivity index (χ0n) is 16.0. The van der Waals surface area contributed by atoms with Crippen LogP contribution in [0.15, 0.2) is 10.6 Å². The first-order chi connectivity index (χ1) is 12.0. The summed E-state index contributed by atoms with van der Waals surface area (Å²) < 4.78 is 5.35. The van der Waals surface area contributed by atoms with Gasteiger partial charge in [0.15, 0.2) is 5.76 Å². The van der Waals surface area contributed by atoms with Gasteiger partial charge in [0.05, 0.1) is 12.2 Å². The molecule has 0 aliphatic carbocycles. The van der Waals surface area contributed by atoms with Crippen LogP contribution in [-0.2, 0) is 11.3 Å².